The smallest absolute Gasteiger partial charge is 1.00 e. The molecular weight excluding hydrogens is 491 g/mol. The molecule has 6 heteroatoms. The third kappa shape index (κ3) is 12.8. The summed E-state index contributed by atoms with van der Waals surface area (Å²) in [7, 11) is 0. The first kappa shape index (κ1) is 36.2. The van der Waals surface area contributed by atoms with Gasteiger partial charge in [-0.05, 0) is 58.4 Å². The number of rotatable bonds is 8. The normalized spacial score (nSPS) is 10.4. The summed E-state index contributed by atoms with van der Waals surface area (Å²) in [6.45, 7) is 17.2. The molecule has 0 aromatic heterocycles. The van der Waals surface area contributed by atoms with Gasteiger partial charge in [0.25, 0.3) is 0 Å². The number of alkyl halides is 1. The van der Waals surface area contributed by atoms with Crippen LogP contribution in [-0.4, -0.2) is 28.8 Å². The number of para-hydroxylation sites is 2. The number of hydrogen-bond acceptors (Lipinski definition) is 4. The molecule has 0 spiro atoms. The van der Waals surface area contributed by atoms with Crippen LogP contribution < -0.4 is 34.3 Å². The molecule has 0 bridgehead atoms. The third-order valence-electron chi connectivity index (χ3n) is 5.09. The number of phenols is 1. The molecule has 0 unspecified atom stereocenters. The fourth-order valence-corrected chi connectivity index (χ4v) is 3.51. The molecule has 1 N–H and O–H groups in total. The number of benzene rings is 2. The Morgan fingerprint density at radius 2 is 1.06 bits per heavy atom. The van der Waals surface area contributed by atoms with Crippen LogP contribution in [0.1, 0.15) is 103 Å². The zero-order valence-corrected chi connectivity index (χ0v) is 27.6. The van der Waals surface area contributed by atoms with Gasteiger partial charge in [0.1, 0.15) is 17.4 Å². The molecule has 0 amide bonds. The molecule has 0 heterocycles. The van der Waals surface area contributed by atoms with Crippen molar-refractivity contribution in [3.8, 4) is 11.5 Å². The van der Waals surface area contributed by atoms with Crippen molar-refractivity contribution >= 4 is 35.1 Å². The summed E-state index contributed by atoms with van der Waals surface area (Å²) >= 11 is 8.49. The van der Waals surface area contributed by atoms with Crippen molar-refractivity contribution in [3.05, 3.63) is 58.7 Å². The average Bonchev–Trinajstić information content (AvgIpc) is 2.77. The van der Waals surface area contributed by atoms with Crippen LogP contribution in [0.25, 0.3) is 0 Å². The Labute approximate surface area is 247 Å². The van der Waals surface area contributed by atoms with Crippen molar-refractivity contribution in [1.29, 1.82) is 0 Å². The molecule has 0 aliphatic carbocycles. The van der Waals surface area contributed by atoms with Gasteiger partial charge < -0.3 is 11.3 Å². The van der Waals surface area contributed by atoms with Crippen molar-refractivity contribution in [3.63, 3.8) is 0 Å². The Bertz CT molecular complexity index is 748. The van der Waals surface area contributed by atoms with Gasteiger partial charge in [-0.1, -0.05) is 91.8 Å². The molecule has 0 saturated carbocycles. The number of aromatic hydroxyl groups is 1. The van der Waals surface area contributed by atoms with Crippen LogP contribution in [0.5, 0.6) is 11.5 Å². The van der Waals surface area contributed by atoms with Gasteiger partial charge in [-0.25, -0.2) is 0 Å². The summed E-state index contributed by atoms with van der Waals surface area (Å²) in [5, 5.41) is 10.6. The summed E-state index contributed by atoms with van der Waals surface area (Å²) < 4.78 is 5.90. The van der Waals surface area contributed by atoms with E-state index in [0.29, 0.717) is 34.6 Å². The minimum Gasteiger partial charge on any atom is -1.00 e. The van der Waals surface area contributed by atoms with E-state index in [9.17, 15) is 5.11 Å². The predicted molar refractivity (Wildman–Crippen MR) is 155 cm³/mol. The van der Waals surface area contributed by atoms with Crippen LogP contribution in [0.15, 0.2) is 36.4 Å². The van der Waals surface area contributed by atoms with Crippen molar-refractivity contribution in [2.75, 3.05) is 23.7 Å². The van der Waals surface area contributed by atoms with E-state index in [1.165, 1.54) is 11.1 Å². The maximum atomic E-state index is 9.93. The predicted octanol–water partition coefficient (Wildman–Crippen LogP) is 6.93. The zero-order valence-electron chi connectivity index (χ0n) is 24.2. The first-order valence-corrected chi connectivity index (χ1v) is 15.0. The maximum Gasteiger partial charge on any atom is 1.00 e. The molecule has 0 atom stereocenters. The van der Waals surface area contributed by atoms with Gasteiger partial charge in [-0.3, -0.25) is 0 Å². The molecule has 190 valence electrons. The average molecular weight is 537 g/mol. The fraction of sp³-hybridized carbons (Fsp3) is 0.571. The summed E-state index contributed by atoms with van der Waals surface area (Å²) in [5.74, 6) is 4.10. The molecule has 34 heavy (non-hydrogen) atoms. The summed E-state index contributed by atoms with van der Waals surface area (Å²) in [6, 6.07) is 12.5. The first-order chi connectivity index (χ1) is 15.5. The molecule has 2 aromatic rings. The number of hydrogen-bond donors (Lipinski definition) is 1. The van der Waals surface area contributed by atoms with Crippen LogP contribution in [-0.2, 0) is 0 Å². The Balaban J connectivity index is -0.000000490. The van der Waals surface area contributed by atoms with E-state index in [4.69, 9.17) is 16.3 Å². The second kappa shape index (κ2) is 20.1. The summed E-state index contributed by atoms with van der Waals surface area (Å²) in [6.07, 6.45) is 4.03. The maximum absolute atomic E-state index is 9.93. The molecule has 0 fully saturated rings. The molecule has 0 aliphatic heterocycles. The molecule has 0 radical (unpaired) electrons. The molecular formula is C28H46ClNaO2S2. The standard InChI is InChI=1S/C14H22OS.C12H18O.C2H5ClS.Na.H/c1-10(2)12-7-6-8-13(11(3)4)14(12)15-9-16-5;1-8(2)10-6-5-7-11(9(3)4)12(10)13;1-4-2-3;;/h6-8,10-11H,9H2,1-5H3;5-9,13H,1-4H3;2H2,1H3;;/q;;;+1;-1. The summed E-state index contributed by atoms with van der Waals surface area (Å²) in [4.78, 5) is 0. The van der Waals surface area contributed by atoms with E-state index in [1.54, 1.807) is 23.5 Å². The topological polar surface area (TPSA) is 29.5 Å². The van der Waals surface area contributed by atoms with Crippen molar-refractivity contribution < 1.29 is 40.8 Å². The van der Waals surface area contributed by atoms with E-state index in [-0.39, 0.29) is 31.0 Å². The van der Waals surface area contributed by atoms with E-state index >= 15 is 0 Å². The fourth-order valence-electron chi connectivity index (χ4n) is 3.28. The summed E-state index contributed by atoms with van der Waals surface area (Å²) in [5.41, 5.74) is 4.73. The Morgan fingerprint density at radius 3 is 1.32 bits per heavy atom. The van der Waals surface area contributed by atoms with E-state index in [0.717, 1.165) is 22.8 Å². The van der Waals surface area contributed by atoms with Crippen molar-refractivity contribution in [1.82, 2.24) is 0 Å². The van der Waals surface area contributed by atoms with Gasteiger partial charge >= 0.3 is 29.6 Å². The molecule has 0 aliphatic rings. The molecule has 2 nitrogen and oxygen atoms in total. The van der Waals surface area contributed by atoms with Gasteiger partial charge in [0, 0.05) is 0 Å². The Morgan fingerprint density at radius 1 is 0.735 bits per heavy atom. The van der Waals surface area contributed by atoms with Crippen molar-refractivity contribution in [2.24, 2.45) is 0 Å². The van der Waals surface area contributed by atoms with Crippen LogP contribution in [0.4, 0.5) is 0 Å². The van der Waals surface area contributed by atoms with Crippen LogP contribution >= 0.6 is 35.1 Å². The van der Waals surface area contributed by atoms with Gasteiger partial charge in [0.15, 0.2) is 0 Å². The van der Waals surface area contributed by atoms with Crippen LogP contribution in [0, 0.1) is 0 Å². The van der Waals surface area contributed by atoms with Gasteiger partial charge in [-0.15, -0.1) is 35.1 Å². The monoisotopic (exact) mass is 536 g/mol. The second-order valence-electron chi connectivity index (χ2n) is 9.12. The SMILES string of the molecule is CC(C)c1cccc(C(C)C)c1O.CSCCl.CSCOc1c(C(C)C)cccc1C(C)C.[H-].[Na+]. The Kier molecular flexibility index (Phi) is 21.4. The van der Waals surface area contributed by atoms with Crippen LogP contribution in [0.2, 0.25) is 0 Å². The van der Waals surface area contributed by atoms with E-state index in [1.807, 2.05) is 24.5 Å². The van der Waals surface area contributed by atoms with E-state index in [2.05, 4.69) is 79.8 Å². The number of ether oxygens (including phenoxy) is 1. The molecule has 2 rings (SSSR count). The largest absolute Gasteiger partial charge is 1.00 e. The van der Waals surface area contributed by atoms with Crippen LogP contribution in [0.3, 0.4) is 0 Å². The second-order valence-corrected chi connectivity index (χ2v) is 11.4. The minimum absolute atomic E-state index is 0. The Hall–Kier alpha value is 0.0300. The number of halogens is 1. The van der Waals surface area contributed by atoms with Gasteiger partial charge in [-0.2, -0.15) is 0 Å². The van der Waals surface area contributed by atoms with E-state index < -0.39 is 0 Å². The van der Waals surface area contributed by atoms with Crippen molar-refractivity contribution in [2.45, 2.75) is 79.1 Å². The number of phenolic OH excluding ortho intramolecular Hbond substituents is 1. The first-order valence-electron chi connectivity index (χ1n) is 11.6. The molecule has 2 aromatic carbocycles. The minimum atomic E-state index is 0. The van der Waals surface area contributed by atoms with Gasteiger partial charge in [0.05, 0.1) is 5.21 Å². The quantitative estimate of drug-likeness (QED) is 0.225. The zero-order chi connectivity index (χ0) is 25.6. The third-order valence-corrected chi connectivity index (χ3v) is 6.32. The molecule has 0 saturated heterocycles. The number of thioether (sulfide) groups is 2. The van der Waals surface area contributed by atoms with Gasteiger partial charge in [0.2, 0.25) is 0 Å².